The van der Waals surface area contributed by atoms with Crippen LogP contribution in [0.4, 0.5) is 19.0 Å². The number of hydrogen-bond donors (Lipinski definition) is 0. The van der Waals surface area contributed by atoms with Crippen LogP contribution in [0, 0.1) is 5.92 Å². The van der Waals surface area contributed by atoms with E-state index in [2.05, 4.69) is 25.0 Å². The second-order valence-electron chi connectivity index (χ2n) is 7.07. The van der Waals surface area contributed by atoms with Crippen LogP contribution in [-0.2, 0) is 19.3 Å². The molecule has 1 aliphatic rings. The molecule has 29 heavy (non-hydrogen) atoms. The van der Waals surface area contributed by atoms with Crippen molar-refractivity contribution in [2.75, 3.05) is 18.0 Å². The quantitative estimate of drug-likeness (QED) is 0.660. The zero-order chi connectivity index (χ0) is 20.6. The molecule has 0 amide bonds. The largest absolute Gasteiger partial charge is 0.435 e. The molecule has 0 unspecified atom stereocenters. The van der Waals surface area contributed by atoms with Crippen molar-refractivity contribution in [2.24, 2.45) is 5.92 Å². The van der Waals surface area contributed by atoms with Gasteiger partial charge in [-0.05, 0) is 31.7 Å². The van der Waals surface area contributed by atoms with E-state index in [0.717, 1.165) is 40.3 Å². The van der Waals surface area contributed by atoms with Crippen LogP contribution in [0.25, 0.3) is 11.2 Å². The summed E-state index contributed by atoms with van der Waals surface area (Å²) in [4.78, 5) is 27.2. The lowest BCUT2D eigenvalue weighted by Gasteiger charge is -2.32. The molecule has 1 saturated heterocycles. The smallest absolute Gasteiger partial charge is 0.355 e. The summed E-state index contributed by atoms with van der Waals surface area (Å²) in [6.07, 6.45) is 0.110. The lowest BCUT2D eigenvalue weighted by molar-refractivity contribution is -0.142. The zero-order valence-electron chi connectivity index (χ0n) is 15.8. The van der Waals surface area contributed by atoms with Crippen molar-refractivity contribution in [1.82, 2.24) is 29.3 Å². The van der Waals surface area contributed by atoms with E-state index in [-0.39, 0.29) is 12.5 Å². The summed E-state index contributed by atoms with van der Waals surface area (Å²) in [5.41, 5.74) is -0.0598. The van der Waals surface area contributed by atoms with E-state index in [1.165, 1.54) is 6.33 Å². The number of anilines is 1. The van der Waals surface area contributed by atoms with Crippen LogP contribution in [0.3, 0.4) is 0 Å². The normalized spacial score (nSPS) is 15.9. The number of aryl methyl sites for hydroxylation is 1. The van der Waals surface area contributed by atoms with Gasteiger partial charge in [0.2, 0.25) is 0 Å². The minimum Gasteiger partial charge on any atom is -0.355 e. The maximum atomic E-state index is 12.9. The molecule has 4 heterocycles. The Kier molecular flexibility index (Phi) is 4.97. The van der Waals surface area contributed by atoms with Crippen molar-refractivity contribution in [1.29, 1.82) is 0 Å². The average Bonchev–Trinajstić information content (AvgIpc) is 3.13. The first-order chi connectivity index (χ1) is 13.9. The maximum Gasteiger partial charge on any atom is 0.435 e. The molecule has 0 N–H and O–H groups in total. The third kappa shape index (κ3) is 3.81. The molecule has 8 nitrogen and oxygen atoms in total. The minimum atomic E-state index is -4.57. The van der Waals surface area contributed by atoms with Crippen molar-refractivity contribution >= 4 is 17.0 Å². The fraction of sp³-hybridized carbons (Fsp3) is 0.500. The first kappa shape index (κ1) is 19.3. The van der Waals surface area contributed by atoms with Gasteiger partial charge in [-0.3, -0.25) is 4.79 Å². The summed E-state index contributed by atoms with van der Waals surface area (Å²) in [5.74, 6) is 0.820. The molecule has 1 fully saturated rings. The van der Waals surface area contributed by atoms with Crippen LogP contribution in [0.15, 0.2) is 29.6 Å². The van der Waals surface area contributed by atoms with Gasteiger partial charge in [0.1, 0.15) is 6.33 Å². The van der Waals surface area contributed by atoms with Crippen LogP contribution in [-0.4, -0.2) is 42.4 Å². The van der Waals surface area contributed by atoms with Crippen LogP contribution in [0.1, 0.15) is 25.5 Å². The number of alkyl halides is 3. The Balaban J connectivity index is 1.47. The van der Waals surface area contributed by atoms with Crippen molar-refractivity contribution < 1.29 is 13.2 Å². The summed E-state index contributed by atoms with van der Waals surface area (Å²) in [6.45, 7) is 4.28. The van der Waals surface area contributed by atoms with E-state index in [0.29, 0.717) is 25.9 Å². The highest BCUT2D eigenvalue weighted by Crippen LogP contribution is 2.28. The third-order valence-electron chi connectivity index (χ3n) is 5.22. The van der Waals surface area contributed by atoms with Gasteiger partial charge in [-0.2, -0.15) is 18.3 Å². The Labute approximate surface area is 164 Å². The van der Waals surface area contributed by atoms with Gasteiger partial charge in [-0.1, -0.05) is 0 Å². The van der Waals surface area contributed by atoms with Crippen molar-refractivity contribution in [2.45, 2.75) is 39.0 Å². The number of piperidine rings is 1. The highest BCUT2D eigenvalue weighted by atomic mass is 19.4. The highest BCUT2D eigenvalue weighted by Gasteiger charge is 2.33. The summed E-state index contributed by atoms with van der Waals surface area (Å²) in [6, 6.07) is 1.64. The Bertz CT molecular complexity index is 1070. The molecule has 0 saturated carbocycles. The number of fused-ring (bicyclic) bond motifs is 1. The average molecular weight is 407 g/mol. The van der Waals surface area contributed by atoms with E-state index < -0.39 is 17.4 Å². The lowest BCUT2D eigenvalue weighted by Crippen LogP contribution is -2.37. The highest BCUT2D eigenvalue weighted by molar-refractivity contribution is 5.83. The molecule has 0 atom stereocenters. The van der Waals surface area contributed by atoms with Gasteiger partial charge in [0.05, 0.1) is 6.33 Å². The van der Waals surface area contributed by atoms with Crippen LogP contribution in [0.2, 0.25) is 0 Å². The fourth-order valence-corrected chi connectivity index (χ4v) is 3.63. The molecule has 4 rings (SSSR count). The van der Waals surface area contributed by atoms with E-state index in [1.54, 1.807) is 6.33 Å². The second-order valence-corrected chi connectivity index (χ2v) is 7.07. The van der Waals surface area contributed by atoms with Crippen LogP contribution < -0.4 is 10.5 Å². The topological polar surface area (TPSA) is 81.7 Å². The molecule has 0 aliphatic carbocycles. The molecule has 0 bridgehead atoms. The number of nitrogens with zero attached hydrogens (tertiary/aromatic N) is 7. The SMILES string of the molecule is CCn1cnc2c(N3CCC(Cn4nc(C(F)(F)F)ccc4=O)CC3)ncnc21. The number of aromatic nitrogens is 6. The number of rotatable bonds is 4. The standard InChI is InChI=1S/C18H20F3N7O/c1-2-26-11-24-15-16(26)22-10-23-17(15)27-7-5-12(6-8-27)9-28-14(29)4-3-13(25-28)18(19,20)21/h3-4,10-12H,2,5-9H2,1H3. The fourth-order valence-electron chi connectivity index (χ4n) is 3.63. The zero-order valence-corrected chi connectivity index (χ0v) is 15.8. The molecule has 0 radical (unpaired) electrons. The maximum absolute atomic E-state index is 12.9. The summed E-state index contributed by atoms with van der Waals surface area (Å²) in [7, 11) is 0. The molecule has 154 valence electrons. The van der Waals surface area contributed by atoms with Crippen LogP contribution >= 0.6 is 0 Å². The molecule has 3 aromatic heterocycles. The number of imidazole rings is 1. The molecule has 11 heteroatoms. The Morgan fingerprint density at radius 3 is 2.59 bits per heavy atom. The number of halogens is 3. The predicted octanol–water partition coefficient (Wildman–Crippen LogP) is 2.34. The molecular formula is C18H20F3N7O. The van der Waals surface area contributed by atoms with Gasteiger partial charge < -0.3 is 9.47 Å². The van der Waals surface area contributed by atoms with Gasteiger partial charge in [-0.15, -0.1) is 0 Å². The summed E-state index contributed by atoms with van der Waals surface area (Å²) in [5, 5.41) is 3.50. The first-order valence-electron chi connectivity index (χ1n) is 9.43. The summed E-state index contributed by atoms with van der Waals surface area (Å²) < 4.78 is 41.5. The van der Waals surface area contributed by atoms with Gasteiger partial charge in [0.25, 0.3) is 5.56 Å². The van der Waals surface area contributed by atoms with Gasteiger partial charge >= 0.3 is 6.18 Å². The van der Waals surface area contributed by atoms with Gasteiger partial charge in [-0.25, -0.2) is 19.6 Å². The van der Waals surface area contributed by atoms with E-state index in [1.807, 2.05) is 11.5 Å². The lowest BCUT2D eigenvalue weighted by atomic mass is 9.97. The third-order valence-corrected chi connectivity index (χ3v) is 5.22. The van der Waals surface area contributed by atoms with Crippen molar-refractivity contribution in [3.63, 3.8) is 0 Å². The first-order valence-corrected chi connectivity index (χ1v) is 9.43. The predicted molar refractivity (Wildman–Crippen MR) is 99.4 cm³/mol. The van der Waals surface area contributed by atoms with Crippen molar-refractivity contribution in [3.05, 3.63) is 40.8 Å². The number of hydrogen-bond acceptors (Lipinski definition) is 6. The molecular weight excluding hydrogens is 387 g/mol. The Morgan fingerprint density at radius 2 is 1.90 bits per heavy atom. The van der Waals surface area contributed by atoms with E-state index >= 15 is 0 Å². The monoisotopic (exact) mass is 407 g/mol. The molecule has 1 aliphatic heterocycles. The molecule has 0 spiro atoms. The Morgan fingerprint density at radius 1 is 1.14 bits per heavy atom. The van der Waals surface area contributed by atoms with E-state index in [9.17, 15) is 18.0 Å². The summed E-state index contributed by atoms with van der Waals surface area (Å²) >= 11 is 0. The minimum absolute atomic E-state index is 0.0606. The van der Waals surface area contributed by atoms with Crippen LogP contribution in [0.5, 0.6) is 0 Å². The molecule has 0 aromatic carbocycles. The Hall–Kier alpha value is -2.98. The second kappa shape index (κ2) is 7.45. The molecule has 3 aromatic rings. The van der Waals surface area contributed by atoms with E-state index in [4.69, 9.17) is 0 Å². The van der Waals surface area contributed by atoms with Crippen molar-refractivity contribution in [3.8, 4) is 0 Å². The van der Waals surface area contributed by atoms with Gasteiger partial charge in [0.15, 0.2) is 22.7 Å². The van der Waals surface area contributed by atoms with Gasteiger partial charge in [0, 0.05) is 32.2 Å².